The first kappa shape index (κ1) is 22.8. The Balaban J connectivity index is 1.35. The van der Waals surface area contributed by atoms with E-state index >= 15 is 0 Å². The number of para-hydroxylation sites is 1. The monoisotopic (exact) mass is 530 g/mol. The van der Waals surface area contributed by atoms with Gasteiger partial charge in [-0.15, -0.1) is 0 Å². The minimum atomic E-state index is -0.230. The highest BCUT2D eigenvalue weighted by atomic mass is 79.9. The Morgan fingerprint density at radius 2 is 1.71 bits per heavy atom. The zero-order chi connectivity index (χ0) is 23.8. The maximum absolute atomic E-state index is 14.4. The van der Waals surface area contributed by atoms with Gasteiger partial charge in [0.2, 0.25) is 5.91 Å². The molecular formula is C30H31BrN2O2. The molecule has 3 aliphatic rings. The molecule has 0 aliphatic carbocycles. The van der Waals surface area contributed by atoms with Crippen LogP contribution >= 0.6 is 15.9 Å². The number of amides is 1. The lowest BCUT2D eigenvalue weighted by atomic mass is 9.68. The van der Waals surface area contributed by atoms with Crippen molar-refractivity contribution in [1.82, 2.24) is 10.2 Å². The second kappa shape index (κ2) is 9.44. The van der Waals surface area contributed by atoms with Gasteiger partial charge in [0.15, 0.2) is 0 Å². The fraction of sp³-hybridized carbons (Fsp3) is 0.367. The van der Waals surface area contributed by atoms with Gasteiger partial charge in [0.05, 0.1) is 23.0 Å². The van der Waals surface area contributed by atoms with E-state index in [1.807, 2.05) is 6.07 Å². The maximum Gasteiger partial charge on any atom is 0.228 e. The van der Waals surface area contributed by atoms with Gasteiger partial charge in [0.25, 0.3) is 0 Å². The molecule has 5 heteroatoms. The van der Waals surface area contributed by atoms with Gasteiger partial charge < -0.3 is 15.0 Å². The number of benzene rings is 3. The smallest absolute Gasteiger partial charge is 0.228 e. The van der Waals surface area contributed by atoms with Crippen molar-refractivity contribution in [3.05, 3.63) is 100 Å². The van der Waals surface area contributed by atoms with E-state index in [0.29, 0.717) is 19.1 Å². The van der Waals surface area contributed by atoms with Gasteiger partial charge in [-0.25, -0.2) is 0 Å². The number of hydrogen-bond donors (Lipinski definition) is 1. The Kier molecular flexibility index (Phi) is 6.15. The molecule has 35 heavy (non-hydrogen) atoms. The number of ether oxygens (including phenoxy) is 1. The summed E-state index contributed by atoms with van der Waals surface area (Å²) >= 11 is 3.67. The molecule has 1 spiro atoms. The summed E-state index contributed by atoms with van der Waals surface area (Å²) in [6.45, 7) is 2.95. The highest BCUT2D eigenvalue weighted by Gasteiger charge is 2.53. The van der Waals surface area contributed by atoms with Crippen LogP contribution in [-0.4, -0.2) is 37.0 Å². The number of fused-ring (bicyclic) bond motifs is 2. The predicted molar refractivity (Wildman–Crippen MR) is 142 cm³/mol. The fourth-order valence-electron chi connectivity index (χ4n) is 6.59. The molecule has 0 radical (unpaired) electrons. The third-order valence-corrected chi connectivity index (χ3v) is 9.02. The summed E-state index contributed by atoms with van der Waals surface area (Å²) in [5.74, 6) is 1.55. The Hall–Kier alpha value is -2.63. The second-order valence-corrected chi connectivity index (χ2v) is 11.0. The van der Waals surface area contributed by atoms with Crippen molar-refractivity contribution in [2.45, 2.75) is 36.6 Å². The number of halogens is 1. The molecule has 0 bridgehead atoms. The summed E-state index contributed by atoms with van der Waals surface area (Å²) in [6, 6.07) is 27.7. The first-order chi connectivity index (χ1) is 17.2. The highest BCUT2D eigenvalue weighted by Crippen LogP contribution is 2.50. The third kappa shape index (κ3) is 3.99. The van der Waals surface area contributed by atoms with E-state index < -0.39 is 0 Å². The lowest BCUT2D eigenvalue weighted by Crippen LogP contribution is -2.50. The van der Waals surface area contributed by atoms with E-state index in [1.54, 1.807) is 0 Å². The number of likely N-dealkylation sites (tertiary alicyclic amines) is 1. The summed E-state index contributed by atoms with van der Waals surface area (Å²) in [7, 11) is 0. The molecule has 6 rings (SSSR count). The molecule has 1 amide bonds. The molecule has 1 N–H and O–H groups in total. The van der Waals surface area contributed by atoms with Gasteiger partial charge in [-0.3, -0.25) is 4.79 Å². The molecule has 2 saturated heterocycles. The molecule has 4 nitrogen and oxygen atoms in total. The van der Waals surface area contributed by atoms with Crippen LogP contribution in [0.2, 0.25) is 0 Å². The van der Waals surface area contributed by atoms with E-state index in [4.69, 9.17) is 4.74 Å². The number of nitrogens with one attached hydrogen (secondary N) is 1. The lowest BCUT2D eigenvalue weighted by molar-refractivity contribution is -0.141. The van der Waals surface area contributed by atoms with Crippen molar-refractivity contribution in [3.8, 4) is 5.75 Å². The van der Waals surface area contributed by atoms with Crippen LogP contribution in [0.3, 0.4) is 0 Å². The van der Waals surface area contributed by atoms with Crippen LogP contribution in [0.5, 0.6) is 5.75 Å². The average Bonchev–Trinajstić information content (AvgIpc) is 3.33. The molecule has 3 heterocycles. The van der Waals surface area contributed by atoms with Gasteiger partial charge >= 0.3 is 0 Å². The normalized spacial score (nSPS) is 27.9. The Bertz CT molecular complexity index is 1200. The van der Waals surface area contributed by atoms with E-state index in [-0.39, 0.29) is 23.3 Å². The zero-order valence-corrected chi connectivity index (χ0v) is 21.4. The molecule has 0 saturated carbocycles. The van der Waals surface area contributed by atoms with Crippen LogP contribution in [0.25, 0.3) is 0 Å². The van der Waals surface area contributed by atoms with E-state index in [1.165, 1.54) is 11.1 Å². The largest absolute Gasteiger partial charge is 0.492 e. The molecule has 180 valence electrons. The second-order valence-electron chi connectivity index (χ2n) is 10.1. The number of carbonyl (C=O) groups excluding carboxylic acids is 1. The standard InChI is InChI=1S/C30H31BrN2O2/c31-26-13-7-12-24-28(26)35-17-15-30(24)20-32-19-25(30)29(34)33-16-14-23(21-8-3-1-4-9-21)18-27(33)22-10-5-2-6-11-22/h1-13,23,25,27,32H,14-20H2/t23-,25+,27+,30+/m1/s1. The van der Waals surface area contributed by atoms with Gasteiger partial charge in [0.1, 0.15) is 5.75 Å². The van der Waals surface area contributed by atoms with Gasteiger partial charge in [-0.1, -0.05) is 72.8 Å². The van der Waals surface area contributed by atoms with Crippen molar-refractivity contribution < 1.29 is 9.53 Å². The van der Waals surface area contributed by atoms with Crippen molar-refractivity contribution in [2.24, 2.45) is 5.92 Å². The molecule has 3 aliphatic heterocycles. The number of hydrogen-bond acceptors (Lipinski definition) is 3. The molecule has 0 unspecified atom stereocenters. The summed E-state index contributed by atoms with van der Waals surface area (Å²) in [5, 5.41) is 3.58. The van der Waals surface area contributed by atoms with Crippen LogP contribution < -0.4 is 10.1 Å². The molecule has 3 aromatic rings. The minimum absolute atomic E-state index is 0.0853. The van der Waals surface area contributed by atoms with Crippen molar-refractivity contribution >= 4 is 21.8 Å². The molecule has 2 fully saturated rings. The van der Waals surface area contributed by atoms with Crippen LogP contribution in [0.15, 0.2) is 83.3 Å². The lowest BCUT2D eigenvalue weighted by Gasteiger charge is -2.45. The first-order valence-electron chi connectivity index (χ1n) is 12.7. The quantitative estimate of drug-likeness (QED) is 0.462. The van der Waals surface area contributed by atoms with Gasteiger partial charge in [-0.2, -0.15) is 0 Å². The van der Waals surface area contributed by atoms with E-state index in [2.05, 4.69) is 98.9 Å². The van der Waals surface area contributed by atoms with Crippen molar-refractivity contribution in [1.29, 1.82) is 0 Å². The Morgan fingerprint density at radius 3 is 2.49 bits per heavy atom. The number of piperidine rings is 1. The summed E-state index contributed by atoms with van der Waals surface area (Å²) in [4.78, 5) is 16.6. The van der Waals surface area contributed by atoms with Gasteiger partial charge in [-0.05, 0) is 58.3 Å². The average molecular weight is 531 g/mol. The number of carbonyl (C=O) groups is 1. The zero-order valence-electron chi connectivity index (χ0n) is 19.8. The topological polar surface area (TPSA) is 41.6 Å². The molecule has 3 aromatic carbocycles. The summed E-state index contributed by atoms with van der Waals surface area (Å²) in [6.07, 6.45) is 2.81. The Labute approximate surface area is 215 Å². The maximum atomic E-state index is 14.4. The van der Waals surface area contributed by atoms with Gasteiger partial charge in [0, 0.05) is 30.6 Å². The fourth-order valence-corrected chi connectivity index (χ4v) is 7.07. The summed E-state index contributed by atoms with van der Waals surface area (Å²) in [5.41, 5.74) is 3.54. The summed E-state index contributed by atoms with van der Waals surface area (Å²) < 4.78 is 7.04. The van der Waals surface area contributed by atoms with Crippen LogP contribution in [0.1, 0.15) is 47.9 Å². The molecule has 0 aromatic heterocycles. The van der Waals surface area contributed by atoms with Crippen molar-refractivity contribution in [2.75, 3.05) is 26.2 Å². The minimum Gasteiger partial charge on any atom is -0.492 e. The molecular weight excluding hydrogens is 500 g/mol. The number of nitrogens with zero attached hydrogens (tertiary/aromatic N) is 1. The predicted octanol–water partition coefficient (Wildman–Crippen LogP) is 5.84. The highest BCUT2D eigenvalue weighted by molar-refractivity contribution is 9.10. The van der Waals surface area contributed by atoms with Crippen LogP contribution in [0, 0.1) is 5.92 Å². The van der Waals surface area contributed by atoms with E-state index in [0.717, 1.165) is 48.1 Å². The Morgan fingerprint density at radius 1 is 0.971 bits per heavy atom. The van der Waals surface area contributed by atoms with Crippen LogP contribution in [0.4, 0.5) is 0 Å². The number of rotatable bonds is 3. The van der Waals surface area contributed by atoms with Crippen molar-refractivity contribution in [3.63, 3.8) is 0 Å². The van der Waals surface area contributed by atoms with E-state index in [9.17, 15) is 4.79 Å². The molecule has 4 atom stereocenters. The SMILES string of the molecule is O=C([C@@H]1CNC[C@]12CCOc1c(Br)cccc12)N1CC[C@@H](c2ccccc2)C[C@H]1c1ccccc1. The third-order valence-electron chi connectivity index (χ3n) is 8.39. The van der Waals surface area contributed by atoms with Crippen LogP contribution in [-0.2, 0) is 10.2 Å². The first-order valence-corrected chi connectivity index (χ1v) is 13.5.